The second-order valence-corrected chi connectivity index (χ2v) is 6.36. The Hall–Kier alpha value is -1.56. The first kappa shape index (κ1) is 11.9. The molecule has 92 valence electrons. The topological polar surface area (TPSA) is 88.8 Å². The molecule has 1 aromatic carbocycles. The van der Waals surface area contributed by atoms with E-state index in [4.69, 9.17) is 5.73 Å². The lowest BCUT2D eigenvalue weighted by Crippen LogP contribution is -2.18. The molecule has 0 fully saturated rings. The number of hydrogen-bond donors (Lipinski definition) is 2. The van der Waals surface area contributed by atoms with E-state index in [1.165, 1.54) is 0 Å². The summed E-state index contributed by atoms with van der Waals surface area (Å²) in [5, 5.41) is -0.423. The number of imidazole rings is 1. The third-order valence-electron chi connectivity index (χ3n) is 2.86. The van der Waals surface area contributed by atoms with Crippen molar-refractivity contribution in [1.82, 2.24) is 9.97 Å². The number of nitrogens with two attached hydrogens (primary N) is 1. The Kier molecular flexibility index (Phi) is 2.82. The number of rotatable bonds is 3. The third kappa shape index (κ3) is 2.00. The number of nitrogens with zero attached hydrogens (tertiary/aromatic N) is 1. The molecule has 6 heteroatoms. The van der Waals surface area contributed by atoms with Crippen LogP contribution in [0.3, 0.4) is 0 Å². The Balaban J connectivity index is 2.57. The van der Waals surface area contributed by atoms with E-state index in [2.05, 4.69) is 9.97 Å². The first-order valence-electron chi connectivity index (χ1n) is 5.44. The van der Waals surface area contributed by atoms with Gasteiger partial charge in [-0.25, -0.2) is 13.4 Å². The van der Waals surface area contributed by atoms with Crippen LogP contribution in [-0.2, 0) is 9.84 Å². The van der Waals surface area contributed by atoms with Crippen LogP contribution in [0.2, 0.25) is 0 Å². The Labute approximate surface area is 100.0 Å². The fraction of sp³-hybridized carbons (Fsp3) is 0.364. The molecule has 2 aromatic rings. The largest absolute Gasteiger partial charge is 0.399 e. The quantitative estimate of drug-likeness (QED) is 0.815. The molecule has 1 aromatic heterocycles. The van der Waals surface area contributed by atoms with Gasteiger partial charge in [0.2, 0.25) is 15.0 Å². The van der Waals surface area contributed by atoms with Crippen molar-refractivity contribution in [2.45, 2.75) is 30.7 Å². The molecule has 17 heavy (non-hydrogen) atoms. The van der Waals surface area contributed by atoms with Gasteiger partial charge in [0.1, 0.15) is 0 Å². The molecule has 0 saturated heterocycles. The molecular weight excluding hydrogens is 238 g/mol. The predicted molar refractivity (Wildman–Crippen MR) is 67.4 cm³/mol. The summed E-state index contributed by atoms with van der Waals surface area (Å²) >= 11 is 0. The highest BCUT2D eigenvalue weighted by Crippen LogP contribution is 2.20. The maximum absolute atomic E-state index is 12.1. The van der Waals surface area contributed by atoms with Crippen LogP contribution in [0.1, 0.15) is 20.3 Å². The number of benzene rings is 1. The zero-order chi connectivity index (χ0) is 12.6. The normalized spacial score (nSPS) is 14.0. The van der Waals surface area contributed by atoms with Gasteiger partial charge in [0, 0.05) is 5.69 Å². The van der Waals surface area contributed by atoms with Crippen LogP contribution in [-0.4, -0.2) is 23.6 Å². The van der Waals surface area contributed by atoms with Gasteiger partial charge in [-0.2, -0.15) is 0 Å². The standard InChI is InChI=1S/C11H15N3O2S/c1-3-7(2)17(15,16)11-13-9-5-4-8(12)6-10(9)14-11/h4-7H,3,12H2,1-2H3,(H,13,14). The van der Waals surface area contributed by atoms with E-state index in [1.807, 2.05) is 6.92 Å². The van der Waals surface area contributed by atoms with Crippen molar-refractivity contribution in [3.8, 4) is 0 Å². The first-order valence-corrected chi connectivity index (χ1v) is 6.99. The number of sulfone groups is 1. The molecule has 0 spiro atoms. The summed E-state index contributed by atoms with van der Waals surface area (Å²) in [5.41, 5.74) is 7.47. The second kappa shape index (κ2) is 4.03. The van der Waals surface area contributed by atoms with Crippen molar-refractivity contribution in [2.24, 2.45) is 0 Å². The van der Waals surface area contributed by atoms with Crippen molar-refractivity contribution in [3.63, 3.8) is 0 Å². The molecule has 0 bridgehead atoms. The minimum atomic E-state index is -3.37. The van der Waals surface area contributed by atoms with Gasteiger partial charge < -0.3 is 10.7 Å². The molecule has 2 rings (SSSR count). The van der Waals surface area contributed by atoms with E-state index < -0.39 is 15.1 Å². The van der Waals surface area contributed by atoms with Gasteiger partial charge in [0.15, 0.2) is 0 Å². The molecule has 3 N–H and O–H groups in total. The van der Waals surface area contributed by atoms with E-state index in [0.29, 0.717) is 23.1 Å². The fourth-order valence-corrected chi connectivity index (χ4v) is 2.85. The van der Waals surface area contributed by atoms with Crippen LogP contribution >= 0.6 is 0 Å². The number of aromatic amines is 1. The molecule has 1 atom stereocenters. The van der Waals surface area contributed by atoms with E-state index in [1.54, 1.807) is 25.1 Å². The zero-order valence-electron chi connectivity index (χ0n) is 9.77. The monoisotopic (exact) mass is 253 g/mol. The molecule has 0 radical (unpaired) electrons. The van der Waals surface area contributed by atoms with Crippen LogP contribution in [0.4, 0.5) is 5.69 Å². The Morgan fingerprint density at radius 2 is 2.18 bits per heavy atom. The van der Waals surface area contributed by atoms with Gasteiger partial charge in [-0.3, -0.25) is 0 Å². The number of fused-ring (bicyclic) bond motifs is 1. The van der Waals surface area contributed by atoms with Crippen molar-refractivity contribution < 1.29 is 8.42 Å². The van der Waals surface area contributed by atoms with Crippen LogP contribution in [0.5, 0.6) is 0 Å². The number of nitrogens with one attached hydrogen (secondary N) is 1. The molecule has 0 aliphatic carbocycles. The maximum atomic E-state index is 12.1. The van der Waals surface area contributed by atoms with Crippen LogP contribution < -0.4 is 5.73 Å². The number of nitrogen functional groups attached to an aromatic ring is 1. The molecule has 1 unspecified atom stereocenters. The minimum absolute atomic E-state index is 0.0208. The molecular formula is C11H15N3O2S. The highest BCUT2D eigenvalue weighted by molar-refractivity contribution is 7.91. The lowest BCUT2D eigenvalue weighted by atomic mass is 10.3. The van der Waals surface area contributed by atoms with Crippen molar-refractivity contribution in [2.75, 3.05) is 5.73 Å². The molecule has 0 amide bonds. The average molecular weight is 253 g/mol. The summed E-state index contributed by atoms with van der Waals surface area (Å²) in [6.45, 7) is 3.51. The number of aromatic nitrogens is 2. The van der Waals surface area contributed by atoms with Gasteiger partial charge in [0.25, 0.3) is 0 Å². The lowest BCUT2D eigenvalue weighted by Gasteiger charge is -2.06. The minimum Gasteiger partial charge on any atom is -0.399 e. The van der Waals surface area contributed by atoms with E-state index in [0.717, 1.165) is 0 Å². The summed E-state index contributed by atoms with van der Waals surface area (Å²) in [4.78, 5) is 6.91. The SMILES string of the molecule is CCC(C)S(=O)(=O)c1nc2ccc(N)cc2[nH]1. The van der Waals surface area contributed by atoms with Crippen molar-refractivity contribution >= 4 is 26.6 Å². The molecule has 5 nitrogen and oxygen atoms in total. The summed E-state index contributed by atoms with van der Waals surface area (Å²) < 4.78 is 24.2. The van der Waals surface area contributed by atoms with Gasteiger partial charge in [-0.05, 0) is 31.5 Å². The highest BCUT2D eigenvalue weighted by atomic mass is 32.2. The molecule has 1 heterocycles. The van der Waals surface area contributed by atoms with Crippen molar-refractivity contribution in [3.05, 3.63) is 18.2 Å². The highest BCUT2D eigenvalue weighted by Gasteiger charge is 2.25. The lowest BCUT2D eigenvalue weighted by molar-refractivity contribution is 0.574. The molecule has 0 aliphatic rings. The maximum Gasteiger partial charge on any atom is 0.226 e. The number of H-pyrrole nitrogens is 1. The zero-order valence-corrected chi connectivity index (χ0v) is 10.6. The Morgan fingerprint density at radius 1 is 1.47 bits per heavy atom. The van der Waals surface area contributed by atoms with Gasteiger partial charge in [-0.15, -0.1) is 0 Å². The van der Waals surface area contributed by atoms with Crippen molar-refractivity contribution in [1.29, 1.82) is 0 Å². The predicted octanol–water partition coefficient (Wildman–Crippen LogP) is 1.72. The van der Waals surface area contributed by atoms with Crippen LogP contribution in [0.15, 0.2) is 23.4 Å². The van der Waals surface area contributed by atoms with Crippen LogP contribution in [0, 0.1) is 0 Å². The fourth-order valence-electron chi connectivity index (χ4n) is 1.55. The summed E-state index contributed by atoms with van der Waals surface area (Å²) in [7, 11) is -3.37. The third-order valence-corrected chi connectivity index (χ3v) is 4.98. The number of anilines is 1. The number of hydrogen-bond acceptors (Lipinski definition) is 4. The van der Waals surface area contributed by atoms with E-state index in [9.17, 15) is 8.42 Å². The van der Waals surface area contributed by atoms with E-state index in [-0.39, 0.29) is 5.16 Å². The second-order valence-electron chi connectivity index (χ2n) is 4.08. The Morgan fingerprint density at radius 3 is 2.82 bits per heavy atom. The van der Waals surface area contributed by atoms with Gasteiger partial charge in [0.05, 0.1) is 16.3 Å². The first-order chi connectivity index (χ1) is 7.95. The van der Waals surface area contributed by atoms with Gasteiger partial charge in [-0.1, -0.05) is 6.92 Å². The molecule has 0 aliphatic heterocycles. The van der Waals surface area contributed by atoms with Gasteiger partial charge >= 0.3 is 0 Å². The smallest absolute Gasteiger partial charge is 0.226 e. The average Bonchev–Trinajstić information content (AvgIpc) is 2.71. The Bertz CT molecular complexity index is 646. The summed E-state index contributed by atoms with van der Waals surface area (Å²) in [6.07, 6.45) is 0.557. The molecule has 0 saturated carbocycles. The van der Waals surface area contributed by atoms with Crippen LogP contribution in [0.25, 0.3) is 11.0 Å². The van der Waals surface area contributed by atoms with E-state index >= 15 is 0 Å². The summed E-state index contributed by atoms with van der Waals surface area (Å²) in [6, 6.07) is 5.08. The summed E-state index contributed by atoms with van der Waals surface area (Å²) in [5.74, 6) is 0.